The van der Waals surface area contributed by atoms with Crippen LogP contribution in [-0.2, 0) is 4.57 Å². The third kappa shape index (κ3) is 1.67. The zero-order chi connectivity index (χ0) is 8.70. The fourth-order valence-corrected chi connectivity index (χ4v) is 4.42. The van der Waals surface area contributed by atoms with Crippen molar-refractivity contribution in [3.05, 3.63) is 0 Å². The molecule has 1 N–H and O–H groups in total. The lowest BCUT2D eigenvalue weighted by Gasteiger charge is -2.20. The van der Waals surface area contributed by atoms with E-state index in [-0.39, 0.29) is 11.3 Å². The Labute approximate surface area is 67.5 Å². The van der Waals surface area contributed by atoms with Crippen molar-refractivity contribution in [2.24, 2.45) is 11.3 Å². The Kier molecular flexibility index (Phi) is 1.90. The molecule has 0 bridgehead atoms. The summed E-state index contributed by atoms with van der Waals surface area (Å²) < 4.78 is 11.3. The van der Waals surface area contributed by atoms with Crippen molar-refractivity contribution in [3.8, 4) is 12.3 Å². The van der Waals surface area contributed by atoms with Gasteiger partial charge in [-0.05, 0) is 5.41 Å². The summed E-state index contributed by atoms with van der Waals surface area (Å²) in [6, 6.07) is 0. The van der Waals surface area contributed by atoms with Gasteiger partial charge in [0.2, 0.25) is 7.37 Å². The van der Waals surface area contributed by atoms with Gasteiger partial charge in [0.05, 0.1) is 0 Å². The zero-order valence-electron chi connectivity index (χ0n) is 6.87. The third-order valence-corrected chi connectivity index (χ3v) is 4.51. The predicted octanol–water partition coefficient (Wildman–Crippen LogP) is 1.55. The Bertz CT molecular complexity index is 249. The second-order valence-corrected chi connectivity index (χ2v) is 6.27. The van der Waals surface area contributed by atoms with E-state index < -0.39 is 7.37 Å². The first-order valence-corrected chi connectivity index (χ1v) is 5.67. The second-order valence-electron chi connectivity index (χ2n) is 3.89. The van der Waals surface area contributed by atoms with Crippen LogP contribution in [0.1, 0.15) is 13.8 Å². The normalized spacial score (nSPS) is 41.8. The highest BCUT2D eigenvalue weighted by molar-refractivity contribution is 7.58. The molecule has 62 valence electrons. The standard InChI is InChI=1S/C8H13O2P/c1-4-7-5-11(9,10)6-8(7,2)3/h1,7H,5-6H2,2-3H3,(H,9,10). The molecule has 3 heteroatoms. The van der Waals surface area contributed by atoms with Crippen molar-refractivity contribution in [1.29, 1.82) is 0 Å². The molecule has 1 heterocycles. The average Bonchev–Trinajstić information content (AvgIpc) is 1.99. The molecule has 2 unspecified atom stereocenters. The van der Waals surface area contributed by atoms with E-state index in [0.29, 0.717) is 12.3 Å². The van der Waals surface area contributed by atoms with Crippen LogP contribution in [-0.4, -0.2) is 17.2 Å². The number of rotatable bonds is 0. The topological polar surface area (TPSA) is 37.3 Å². The monoisotopic (exact) mass is 172 g/mol. The number of hydrogen-bond donors (Lipinski definition) is 1. The molecule has 1 rings (SSSR count). The maximum atomic E-state index is 11.3. The van der Waals surface area contributed by atoms with Gasteiger partial charge >= 0.3 is 0 Å². The van der Waals surface area contributed by atoms with Crippen LogP contribution in [0, 0.1) is 23.7 Å². The van der Waals surface area contributed by atoms with Gasteiger partial charge in [-0.25, -0.2) is 0 Å². The van der Waals surface area contributed by atoms with E-state index in [1.54, 1.807) is 0 Å². The Morgan fingerprint density at radius 1 is 1.73 bits per heavy atom. The van der Waals surface area contributed by atoms with Crippen LogP contribution in [0.4, 0.5) is 0 Å². The minimum absolute atomic E-state index is 0.0293. The third-order valence-electron chi connectivity index (χ3n) is 2.27. The summed E-state index contributed by atoms with van der Waals surface area (Å²) in [5.74, 6) is 2.55. The van der Waals surface area contributed by atoms with Gasteiger partial charge in [0.25, 0.3) is 0 Å². The predicted molar refractivity (Wildman–Crippen MR) is 45.7 cm³/mol. The van der Waals surface area contributed by atoms with Crippen molar-refractivity contribution in [2.45, 2.75) is 13.8 Å². The molecule has 0 aromatic rings. The first-order chi connectivity index (χ1) is 4.87. The minimum atomic E-state index is -2.88. The van der Waals surface area contributed by atoms with Crippen LogP contribution >= 0.6 is 7.37 Å². The summed E-state index contributed by atoms with van der Waals surface area (Å²) in [4.78, 5) is 9.29. The van der Waals surface area contributed by atoms with Crippen molar-refractivity contribution >= 4 is 7.37 Å². The van der Waals surface area contributed by atoms with Crippen molar-refractivity contribution in [1.82, 2.24) is 0 Å². The van der Waals surface area contributed by atoms with Crippen LogP contribution in [0.15, 0.2) is 0 Å². The van der Waals surface area contributed by atoms with E-state index in [4.69, 9.17) is 6.42 Å². The van der Waals surface area contributed by atoms with Gasteiger partial charge in [0.15, 0.2) is 0 Å². The van der Waals surface area contributed by atoms with E-state index in [9.17, 15) is 9.46 Å². The van der Waals surface area contributed by atoms with Gasteiger partial charge in [0, 0.05) is 18.2 Å². The van der Waals surface area contributed by atoms with Crippen LogP contribution in [0.3, 0.4) is 0 Å². The van der Waals surface area contributed by atoms with Crippen LogP contribution in [0.5, 0.6) is 0 Å². The summed E-state index contributed by atoms with van der Waals surface area (Å²) in [5.41, 5.74) is -0.154. The number of hydrogen-bond acceptors (Lipinski definition) is 1. The highest BCUT2D eigenvalue weighted by atomic mass is 31.2. The lowest BCUT2D eigenvalue weighted by Crippen LogP contribution is -2.19. The zero-order valence-corrected chi connectivity index (χ0v) is 7.77. The second kappa shape index (κ2) is 2.37. The Hall–Kier alpha value is -0.250. The summed E-state index contributed by atoms with van der Waals surface area (Å²) in [7, 11) is -2.88. The average molecular weight is 172 g/mol. The SMILES string of the molecule is C#CC1CP(=O)(O)CC1(C)C. The van der Waals surface area contributed by atoms with Gasteiger partial charge in [-0.3, -0.25) is 4.57 Å². The molecule has 2 atom stereocenters. The van der Waals surface area contributed by atoms with Crippen molar-refractivity contribution in [2.75, 3.05) is 12.3 Å². The summed E-state index contributed by atoms with van der Waals surface area (Å²) >= 11 is 0. The first kappa shape index (κ1) is 8.84. The quantitative estimate of drug-likeness (QED) is 0.444. The lowest BCUT2D eigenvalue weighted by atomic mass is 9.83. The van der Waals surface area contributed by atoms with Gasteiger partial charge in [0.1, 0.15) is 0 Å². The molecule has 0 spiro atoms. The highest BCUT2D eigenvalue weighted by Crippen LogP contribution is 2.57. The first-order valence-electron chi connectivity index (χ1n) is 3.64. The molecule has 0 amide bonds. The summed E-state index contributed by atoms with van der Waals surface area (Å²) in [5, 5.41) is 0. The van der Waals surface area contributed by atoms with Crippen molar-refractivity contribution < 1.29 is 9.46 Å². The van der Waals surface area contributed by atoms with Crippen LogP contribution < -0.4 is 0 Å². The lowest BCUT2D eigenvalue weighted by molar-refractivity contribution is 0.354. The fourth-order valence-electron chi connectivity index (χ4n) is 1.62. The van der Waals surface area contributed by atoms with E-state index >= 15 is 0 Å². The molecule has 11 heavy (non-hydrogen) atoms. The Morgan fingerprint density at radius 2 is 2.27 bits per heavy atom. The molecular weight excluding hydrogens is 159 g/mol. The maximum absolute atomic E-state index is 11.3. The van der Waals surface area contributed by atoms with Gasteiger partial charge in [-0.1, -0.05) is 13.8 Å². The van der Waals surface area contributed by atoms with E-state index in [2.05, 4.69) is 5.92 Å². The van der Waals surface area contributed by atoms with E-state index in [1.165, 1.54) is 0 Å². The molecule has 0 aliphatic carbocycles. The van der Waals surface area contributed by atoms with Gasteiger partial charge < -0.3 is 4.89 Å². The molecule has 0 aromatic carbocycles. The molecule has 0 aromatic heterocycles. The fraction of sp³-hybridized carbons (Fsp3) is 0.750. The van der Waals surface area contributed by atoms with Crippen LogP contribution in [0.25, 0.3) is 0 Å². The van der Waals surface area contributed by atoms with Gasteiger partial charge in [-0.2, -0.15) is 0 Å². The molecule has 1 fully saturated rings. The summed E-state index contributed by atoms with van der Waals surface area (Å²) in [6.07, 6.45) is 5.92. The maximum Gasteiger partial charge on any atom is 0.202 e. The highest BCUT2D eigenvalue weighted by Gasteiger charge is 2.45. The molecule has 1 aliphatic rings. The van der Waals surface area contributed by atoms with E-state index in [0.717, 1.165) is 0 Å². The number of terminal acetylenes is 1. The van der Waals surface area contributed by atoms with E-state index in [1.807, 2.05) is 13.8 Å². The molecule has 1 aliphatic heterocycles. The molecule has 1 saturated heterocycles. The molecule has 2 nitrogen and oxygen atoms in total. The van der Waals surface area contributed by atoms with Crippen LogP contribution in [0.2, 0.25) is 0 Å². The van der Waals surface area contributed by atoms with Gasteiger partial charge in [-0.15, -0.1) is 12.3 Å². The molecular formula is C8H13O2P. The summed E-state index contributed by atoms with van der Waals surface area (Å²) in [6.45, 7) is 3.90. The smallest absolute Gasteiger partial charge is 0.202 e. The minimum Gasteiger partial charge on any atom is -0.344 e. The molecule has 0 radical (unpaired) electrons. The largest absolute Gasteiger partial charge is 0.344 e. The van der Waals surface area contributed by atoms with Crippen molar-refractivity contribution in [3.63, 3.8) is 0 Å². The molecule has 0 saturated carbocycles. The Balaban J connectivity index is 2.90. The Morgan fingerprint density at radius 3 is 2.45 bits per heavy atom.